The van der Waals surface area contributed by atoms with Crippen molar-refractivity contribution in [3.63, 3.8) is 0 Å². The van der Waals surface area contributed by atoms with E-state index in [1.54, 1.807) is 41.4 Å². The van der Waals surface area contributed by atoms with Gasteiger partial charge in [-0.3, -0.25) is 24.1 Å². The molecule has 10 heteroatoms. The van der Waals surface area contributed by atoms with E-state index < -0.39 is 4.92 Å². The number of thiophene rings is 1. The lowest BCUT2D eigenvalue weighted by Crippen LogP contribution is -2.49. The topological polar surface area (TPSA) is 101 Å². The first kappa shape index (κ1) is 19.2. The third-order valence-corrected chi connectivity index (χ3v) is 6.37. The van der Waals surface area contributed by atoms with Gasteiger partial charge in [0.2, 0.25) is 0 Å². The molecule has 0 saturated carbocycles. The van der Waals surface area contributed by atoms with Gasteiger partial charge in [0.05, 0.1) is 16.0 Å². The molecule has 1 fully saturated rings. The second-order valence-corrected chi connectivity index (χ2v) is 8.14. The monoisotopic (exact) mass is 435 g/mol. The van der Waals surface area contributed by atoms with Gasteiger partial charge in [-0.25, -0.2) is 4.98 Å². The Hall–Kier alpha value is -3.79. The smallest absolute Gasteiger partial charge is 0.275 e. The lowest BCUT2D eigenvalue weighted by Gasteiger charge is -2.36. The van der Waals surface area contributed by atoms with Gasteiger partial charge in [0, 0.05) is 50.2 Å². The van der Waals surface area contributed by atoms with Gasteiger partial charge in [0.15, 0.2) is 5.65 Å². The van der Waals surface area contributed by atoms with Crippen molar-refractivity contribution in [2.24, 2.45) is 0 Å². The van der Waals surface area contributed by atoms with Crippen LogP contribution in [-0.4, -0.2) is 51.3 Å². The standard InChI is InChI=1S/C21H17N5O4S/c27-20(16-2-1-8-25-19(16)22-17-7-13-31-18(17)21(25)28)24-11-9-23(10-12-24)14-3-5-15(6-4-14)26(29)30/h1-8,13H,9-12H2. The maximum absolute atomic E-state index is 13.2. The molecule has 1 aromatic carbocycles. The molecule has 4 aromatic rings. The predicted molar refractivity (Wildman–Crippen MR) is 118 cm³/mol. The number of nitro benzene ring substituents is 1. The number of anilines is 1. The zero-order valence-corrected chi connectivity index (χ0v) is 17.1. The minimum absolute atomic E-state index is 0.0518. The zero-order valence-electron chi connectivity index (χ0n) is 16.3. The minimum Gasteiger partial charge on any atom is -0.368 e. The van der Waals surface area contributed by atoms with Crippen LogP contribution >= 0.6 is 11.3 Å². The predicted octanol–water partition coefficient (Wildman–Crippen LogP) is 2.78. The Labute approximate surface area is 179 Å². The summed E-state index contributed by atoms with van der Waals surface area (Å²) in [7, 11) is 0. The highest BCUT2D eigenvalue weighted by atomic mass is 32.1. The van der Waals surface area contributed by atoms with E-state index in [1.807, 2.05) is 5.38 Å². The molecule has 4 heterocycles. The number of nitro groups is 1. The van der Waals surface area contributed by atoms with Crippen LogP contribution in [0.2, 0.25) is 0 Å². The van der Waals surface area contributed by atoms with Crippen LogP contribution < -0.4 is 10.5 Å². The second kappa shape index (κ2) is 7.47. The fraction of sp³-hybridized carbons (Fsp3) is 0.190. The minimum atomic E-state index is -0.423. The van der Waals surface area contributed by atoms with Crippen molar-refractivity contribution in [1.82, 2.24) is 14.3 Å². The first-order valence-electron chi connectivity index (χ1n) is 9.70. The first-order chi connectivity index (χ1) is 15.0. The maximum Gasteiger partial charge on any atom is 0.275 e. The van der Waals surface area contributed by atoms with E-state index in [4.69, 9.17) is 0 Å². The summed E-state index contributed by atoms with van der Waals surface area (Å²) in [6.07, 6.45) is 1.63. The molecule has 31 heavy (non-hydrogen) atoms. The van der Waals surface area contributed by atoms with E-state index in [9.17, 15) is 19.7 Å². The van der Waals surface area contributed by atoms with Crippen LogP contribution in [0, 0.1) is 10.1 Å². The van der Waals surface area contributed by atoms with E-state index in [0.717, 1.165) is 5.69 Å². The first-order valence-corrected chi connectivity index (χ1v) is 10.6. The normalized spacial score (nSPS) is 14.3. The molecule has 0 atom stereocenters. The van der Waals surface area contributed by atoms with Gasteiger partial charge in [-0.1, -0.05) is 0 Å². The third kappa shape index (κ3) is 3.30. The molecule has 0 bridgehead atoms. The molecule has 1 saturated heterocycles. The molecule has 0 N–H and O–H groups in total. The number of benzene rings is 1. The molecule has 1 aliphatic heterocycles. The molecular formula is C21H17N5O4S. The fourth-order valence-corrected chi connectivity index (χ4v) is 4.61. The molecule has 1 amide bonds. The Bertz CT molecular complexity index is 1370. The number of non-ortho nitro benzene ring substituents is 1. The number of hydrogen-bond donors (Lipinski definition) is 0. The number of hydrogen-bond acceptors (Lipinski definition) is 7. The molecule has 0 spiro atoms. The van der Waals surface area contributed by atoms with Crippen LogP contribution in [0.3, 0.4) is 0 Å². The lowest BCUT2D eigenvalue weighted by molar-refractivity contribution is -0.384. The Morgan fingerprint density at radius 3 is 2.52 bits per heavy atom. The fourth-order valence-electron chi connectivity index (χ4n) is 3.84. The van der Waals surface area contributed by atoms with Gasteiger partial charge < -0.3 is 9.80 Å². The van der Waals surface area contributed by atoms with Crippen LogP contribution in [0.5, 0.6) is 0 Å². The van der Waals surface area contributed by atoms with Crippen LogP contribution in [0.1, 0.15) is 10.4 Å². The van der Waals surface area contributed by atoms with Crippen LogP contribution in [-0.2, 0) is 0 Å². The van der Waals surface area contributed by atoms with Crippen molar-refractivity contribution in [2.45, 2.75) is 0 Å². The molecule has 0 aliphatic carbocycles. The van der Waals surface area contributed by atoms with Crippen molar-refractivity contribution < 1.29 is 9.72 Å². The summed E-state index contributed by atoms with van der Waals surface area (Å²) >= 11 is 1.34. The molecule has 1 aliphatic rings. The third-order valence-electron chi connectivity index (χ3n) is 5.47. The molecule has 156 valence electrons. The largest absolute Gasteiger partial charge is 0.368 e. The summed E-state index contributed by atoms with van der Waals surface area (Å²) in [6.45, 7) is 2.22. The maximum atomic E-state index is 13.2. The summed E-state index contributed by atoms with van der Waals surface area (Å²) in [5.41, 5.74) is 2.12. The summed E-state index contributed by atoms with van der Waals surface area (Å²) in [4.78, 5) is 44.8. The number of amides is 1. The van der Waals surface area contributed by atoms with E-state index in [-0.39, 0.29) is 17.2 Å². The van der Waals surface area contributed by atoms with Gasteiger partial charge in [-0.2, -0.15) is 0 Å². The van der Waals surface area contributed by atoms with Gasteiger partial charge in [0.25, 0.3) is 17.2 Å². The number of nitrogens with zero attached hydrogens (tertiary/aromatic N) is 5. The number of carbonyl (C=O) groups excluding carboxylic acids is 1. The van der Waals surface area contributed by atoms with Crippen LogP contribution in [0.15, 0.2) is 58.8 Å². The van der Waals surface area contributed by atoms with Crippen molar-refractivity contribution >= 4 is 44.5 Å². The highest BCUT2D eigenvalue weighted by molar-refractivity contribution is 7.17. The highest BCUT2D eigenvalue weighted by Crippen LogP contribution is 2.22. The Kier molecular flexibility index (Phi) is 4.63. The number of piperazine rings is 1. The van der Waals surface area contributed by atoms with Crippen LogP contribution in [0.4, 0.5) is 11.4 Å². The molecular weight excluding hydrogens is 418 g/mol. The molecule has 0 radical (unpaired) electrons. The van der Waals surface area contributed by atoms with E-state index in [0.29, 0.717) is 47.6 Å². The Morgan fingerprint density at radius 2 is 1.81 bits per heavy atom. The number of aromatic nitrogens is 2. The summed E-state index contributed by atoms with van der Waals surface area (Å²) < 4.78 is 2.00. The molecule has 0 unspecified atom stereocenters. The zero-order chi connectivity index (χ0) is 21.5. The molecule has 3 aromatic heterocycles. The number of fused-ring (bicyclic) bond motifs is 2. The quantitative estimate of drug-likeness (QED) is 0.362. The van der Waals surface area contributed by atoms with Gasteiger partial charge in [0.1, 0.15) is 4.70 Å². The summed E-state index contributed by atoms with van der Waals surface area (Å²) in [5.74, 6) is -0.164. The SMILES string of the molecule is O=C(c1cccn2c(=O)c3sccc3nc12)N1CCN(c2ccc([N+](=O)[O-])cc2)CC1. The number of pyridine rings is 1. The molecule has 5 rings (SSSR count). The van der Waals surface area contributed by atoms with Gasteiger partial charge >= 0.3 is 0 Å². The van der Waals surface area contributed by atoms with Crippen molar-refractivity contribution in [3.05, 3.63) is 80.1 Å². The Morgan fingerprint density at radius 1 is 1.06 bits per heavy atom. The van der Waals surface area contributed by atoms with Crippen LogP contribution in [0.25, 0.3) is 15.9 Å². The molecule has 9 nitrogen and oxygen atoms in total. The summed E-state index contributed by atoms with van der Waals surface area (Å²) in [6, 6.07) is 11.6. The lowest BCUT2D eigenvalue weighted by atomic mass is 10.2. The summed E-state index contributed by atoms with van der Waals surface area (Å²) in [5, 5.41) is 12.7. The average Bonchev–Trinajstić information content (AvgIpc) is 3.28. The van der Waals surface area contributed by atoms with E-state index >= 15 is 0 Å². The number of carbonyl (C=O) groups is 1. The highest BCUT2D eigenvalue weighted by Gasteiger charge is 2.25. The van der Waals surface area contributed by atoms with Gasteiger partial charge in [-0.15, -0.1) is 11.3 Å². The van der Waals surface area contributed by atoms with Crippen molar-refractivity contribution in [3.8, 4) is 0 Å². The Balaban J connectivity index is 1.38. The van der Waals surface area contributed by atoms with Crippen molar-refractivity contribution in [1.29, 1.82) is 0 Å². The van der Waals surface area contributed by atoms with Gasteiger partial charge in [-0.05, 0) is 35.7 Å². The van der Waals surface area contributed by atoms with E-state index in [1.165, 1.54) is 27.9 Å². The van der Waals surface area contributed by atoms with E-state index in [2.05, 4.69) is 9.88 Å². The van der Waals surface area contributed by atoms with Crippen molar-refractivity contribution in [2.75, 3.05) is 31.1 Å². The number of rotatable bonds is 3. The average molecular weight is 435 g/mol. The second-order valence-electron chi connectivity index (χ2n) is 7.22.